The van der Waals surface area contributed by atoms with E-state index < -0.39 is 0 Å². The summed E-state index contributed by atoms with van der Waals surface area (Å²) in [7, 11) is 0. The van der Waals surface area contributed by atoms with Crippen LogP contribution >= 0.6 is 0 Å². The number of nitrogens with two attached hydrogens (primary N) is 2. The van der Waals surface area contributed by atoms with E-state index in [0.29, 0.717) is 23.9 Å². The average Bonchev–Trinajstić information content (AvgIpc) is 3.24. The van der Waals surface area contributed by atoms with E-state index in [9.17, 15) is 4.79 Å². The molecule has 1 aromatic carbocycles. The van der Waals surface area contributed by atoms with E-state index in [0.717, 1.165) is 61.3 Å². The lowest BCUT2D eigenvalue weighted by Crippen LogP contribution is -2.39. The van der Waals surface area contributed by atoms with Crippen LogP contribution in [0.1, 0.15) is 59.4 Å². The zero-order valence-electron chi connectivity index (χ0n) is 19.3. The fourth-order valence-electron chi connectivity index (χ4n) is 5.10. The van der Waals surface area contributed by atoms with Gasteiger partial charge in [0.25, 0.3) is 0 Å². The average molecular weight is 446 g/mol. The third-order valence-electron chi connectivity index (χ3n) is 6.89. The number of piperidine rings is 1. The Morgan fingerprint density at radius 2 is 1.85 bits per heavy atom. The number of ketones is 1. The van der Waals surface area contributed by atoms with Crippen molar-refractivity contribution in [2.45, 2.75) is 57.5 Å². The third-order valence-corrected chi connectivity index (χ3v) is 6.89. The number of anilines is 1. The van der Waals surface area contributed by atoms with Gasteiger partial charge in [-0.2, -0.15) is 5.10 Å². The largest absolute Gasteiger partial charge is 0.368 e. The van der Waals surface area contributed by atoms with Crippen molar-refractivity contribution >= 4 is 11.7 Å². The predicted octanol–water partition coefficient (Wildman–Crippen LogP) is 2.63. The number of nitrogens with zero attached hydrogens (tertiary/aromatic N) is 4. The van der Waals surface area contributed by atoms with E-state index in [-0.39, 0.29) is 17.1 Å². The highest BCUT2D eigenvalue weighted by Gasteiger charge is 2.38. The molecule has 8 heteroatoms. The molecule has 1 fully saturated rings. The highest BCUT2D eigenvalue weighted by Crippen LogP contribution is 2.42. The zero-order chi connectivity index (χ0) is 23.2. The maximum atomic E-state index is 13.3. The van der Waals surface area contributed by atoms with Gasteiger partial charge < -0.3 is 11.5 Å². The molecule has 0 amide bonds. The maximum absolute atomic E-state index is 13.3. The van der Waals surface area contributed by atoms with Crippen molar-refractivity contribution in [3.8, 4) is 11.4 Å². The summed E-state index contributed by atoms with van der Waals surface area (Å²) in [5.74, 6) is 0.239. The van der Waals surface area contributed by atoms with Gasteiger partial charge in [-0.1, -0.05) is 38.1 Å². The number of benzene rings is 1. The number of H-pyrrole nitrogens is 1. The highest BCUT2D eigenvalue weighted by molar-refractivity contribution is 5.99. The summed E-state index contributed by atoms with van der Waals surface area (Å²) in [6, 6.07) is 8.70. The lowest BCUT2D eigenvalue weighted by molar-refractivity contribution is 0.0986. The van der Waals surface area contributed by atoms with Crippen LogP contribution in [-0.4, -0.2) is 50.0 Å². The Kier molecular flexibility index (Phi) is 5.50. The normalized spacial score (nSPS) is 18.0. The molecule has 8 nitrogen and oxygen atoms in total. The molecule has 33 heavy (non-hydrogen) atoms. The first-order valence-electron chi connectivity index (χ1n) is 11.6. The van der Waals surface area contributed by atoms with Crippen molar-refractivity contribution < 1.29 is 4.79 Å². The van der Waals surface area contributed by atoms with Crippen LogP contribution in [-0.2, 0) is 24.8 Å². The molecule has 3 aromatic rings. The number of aromatic nitrogens is 4. The van der Waals surface area contributed by atoms with Gasteiger partial charge in [-0.25, -0.2) is 9.97 Å². The minimum Gasteiger partial charge on any atom is -0.368 e. The summed E-state index contributed by atoms with van der Waals surface area (Å²) in [6.07, 6.45) is 4.92. The molecule has 3 heterocycles. The van der Waals surface area contributed by atoms with Gasteiger partial charge in [0.1, 0.15) is 11.4 Å². The summed E-state index contributed by atoms with van der Waals surface area (Å²) in [6.45, 7) is 7.26. The molecular weight excluding hydrogens is 414 g/mol. The SMILES string of the molecule is CC1(C)Cc2cnc(N)nc2-c2n[nH]c(C(=O)Cc3ccc(CN4CCC(N)CC4)cc3)c21. The summed E-state index contributed by atoms with van der Waals surface area (Å²) in [5, 5.41) is 7.48. The fraction of sp³-hybridized carbons (Fsp3) is 0.440. The Morgan fingerprint density at radius 3 is 2.58 bits per heavy atom. The molecule has 5 rings (SSSR count). The standard InChI is InChI=1S/C25H31N7O/c1-25(2)12-17-13-28-24(27)29-21(17)23-20(25)22(30-31-23)19(33)11-15-3-5-16(6-4-15)14-32-9-7-18(26)8-10-32/h3-6,13,18H,7-12,14,26H2,1-2H3,(H,30,31)(H2,27,28,29). The zero-order valence-corrected chi connectivity index (χ0v) is 19.3. The molecule has 172 valence electrons. The van der Waals surface area contributed by atoms with Crippen LogP contribution in [0, 0.1) is 0 Å². The summed E-state index contributed by atoms with van der Waals surface area (Å²) in [5.41, 5.74) is 17.7. The van der Waals surface area contributed by atoms with Crippen molar-refractivity contribution in [1.82, 2.24) is 25.1 Å². The Morgan fingerprint density at radius 1 is 1.15 bits per heavy atom. The minimum absolute atomic E-state index is 0.0278. The molecule has 0 unspecified atom stereocenters. The lowest BCUT2D eigenvalue weighted by Gasteiger charge is -2.31. The molecular formula is C25H31N7O. The number of rotatable bonds is 5. The van der Waals surface area contributed by atoms with Crippen molar-refractivity contribution in [1.29, 1.82) is 0 Å². The number of nitrogen functional groups attached to an aromatic ring is 1. The molecule has 1 saturated heterocycles. The molecule has 2 aliphatic rings. The van der Waals surface area contributed by atoms with E-state index in [2.05, 4.69) is 63.2 Å². The Labute approximate surface area is 193 Å². The van der Waals surface area contributed by atoms with Gasteiger partial charge in [0.2, 0.25) is 5.95 Å². The second-order valence-electron chi connectivity index (χ2n) is 10.0. The van der Waals surface area contributed by atoms with Gasteiger partial charge in [0, 0.05) is 30.8 Å². The van der Waals surface area contributed by atoms with Crippen LogP contribution in [0.4, 0.5) is 5.95 Å². The van der Waals surface area contributed by atoms with E-state index >= 15 is 0 Å². The first-order chi connectivity index (χ1) is 15.8. The number of likely N-dealkylation sites (tertiary alicyclic amines) is 1. The van der Waals surface area contributed by atoms with Crippen molar-refractivity contribution in [3.05, 3.63) is 58.4 Å². The second kappa shape index (κ2) is 8.35. The Balaban J connectivity index is 1.33. The van der Waals surface area contributed by atoms with Gasteiger partial charge in [0.05, 0.1) is 5.69 Å². The van der Waals surface area contributed by atoms with Crippen LogP contribution in [0.5, 0.6) is 0 Å². The highest BCUT2D eigenvalue weighted by atomic mass is 16.1. The Bertz CT molecular complexity index is 1170. The van der Waals surface area contributed by atoms with Crippen molar-refractivity contribution in [3.63, 3.8) is 0 Å². The second-order valence-corrected chi connectivity index (χ2v) is 10.0. The van der Waals surface area contributed by atoms with Crippen molar-refractivity contribution in [2.75, 3.05) is 18.8 Å². The fourth-order valence-corrected chi connectivity index (χ4v) is 5.10. The predicted molar refractivity (Wildman–Crippen MR) is 128 cm³/mol. The number of hydrogen-bond donors (Lipinski definition) is 3. The van der Waals surface area contributed by atoms with Gasteiger partial charge in [-0.3, -0.25) is 14.8 Å². The first kappa shape index (κ1) is 21.7. The number of nitrogens with one attached hydrogen (secondary N) is 1. The molecule has 0 radical (unpaired) electrons. The molecule has 0 saturated carbocycles. The van der Waals surface area contributed by atoms with Gasteiger partial charge >= 0.3 is 0 Å². The molecule has 5 N–H and O–H groups in total. The topological polar surface area (TPSA) is 127 Å². The summed E-state index contributed by atoms with van der Waals surface area (Å²) >= 11 is 0. The minimum atomic E-state index is -0.263. The number of aromatic amines is 1. The summed E-state index contributed by atoms with van der Waals surface area (Å²) in [4.78, 5) is 24.3. The number of carbonyl (C=O) groups is 1. The molecule has 1 aliphatic carbocycles. The third kappa shape index (κ3) is 4.28. The molecule has 0 spiro atoms. The van der Waals surface area contributed by atoms with Gasteiger partial charge in [0.15, 0.2) is 5.78 Å². The van der Waals surface area contributed by atoms with E-state index in [1.54, 1.807) is 6.20 Å². The van der Waals surface area contributed by atoms with Gasteiger partial charge in [-0.15, -0.1) is 0 Å². The van der Waals surface area contributed by atoms with Gasteiger partial charge in [-0.05, 0) is 54.5 Å². The van der Waals surface area contributed by atoms with Crippen LogP contribution < -0.4 is 11.5 Å². The smallest absolute Gasteiger partial charge is 0.220 e. The molecule has 1 aliphatic heterocycles. The molecule has 2 aromatic heterocycles. The number of Topliss-reactive ketones (excluding diaryl/α,β-unsaturated/α-hetero) is 1. The molecule has 0 bridgehead atoms. The lowest BCUT2D eigenvalue weighted by atomic mass is 9.72. The van der Waals surface area contributed by atoms with Crippen LogP contribution in [0.2, 0.25) is 0 Å². The molecule has 0 atom stereocenters. The van der Waals surface area contributed by atoms with E-state index in [4.69, 9.17) is 11.5 Å². The number of hydrogen-bond acceptors (Lipinski definition) is 7. The Hall–Kier alpha value is -3.10. The number of carbonyl (C=O) groups excluding carboxylic acids is 1. The monoisotopic (exact) mass is 445 g/mol. The first-order valence-corrected chi connectivity index (χ1v) is 11.6. The van der Waals surface area contributed by atoms with E-state index in [1.165, 1.54) is 5.56 Å². The van der Waals surface area contributed by atoms with E-state index in [1.807, 2.05) is 0 Å². The summed E-state index contributed by atoms with van der Waals surface area (Å²) < 4.78 is 0. The van der Waals surface area contributed by atoms with Crippen LogP contribution in [0.3, 0.4) is 0 Å². The van der Waals surface area contributed by atoms with Crippen molar-refractivity contribution in [2.24, 2.45) is 5.73 Å². The van der Waals surface area contributed by atoms with Crippen LogP contribution in [0.15, 0.2) is 30.5 Å². The number of fused-ring (bicyclic) bond motifs is 3. The van der Waals surface area contributed by atoms with Crippen LogP contribution in [0.25, 0.3) is 11.4 Å². The quantitative estimate of drug-likeness (QED) is 0.515. The maximum Gasteiger partial charge on any atom is 0.220 e.